The summed E-state index contributed by atoms with van der Waals surface area (Å²) in [6, 6.07) is 42.7. The van der Waals surface area contributed by atoms with Crippen molar-refractivity contribution in [3.63, 3.8) is 0 Å². The van der Waals surface area contributed by atoms with E-state index in [1.54, 1.807) is 66.8 Å². The Morgan fingerprint density at radius 3 is 2.24 bits per heavy atom. The van der Waals surface area contributed by atoms with Crippen LogP contribution in [0, 0.1) is 19.0 Å². The molecule has 9 aromatic rings. The maximum atomic E-state index is 8.82. The number of nitrogens with zero attached hydrogens (tertiary/aromatic N) is 4. The zero-order chi connectivity index (χ0) is 44.4. The van der Waals surface area contributed by atoms with Gasteiger partial charge in [0.2, 0.25) is 0 Å². The zero-order valence-corrected chi connectivity index (χ0v) is 32.9. The molecule has 0 amide bonds. The molecule has 0 atom stereocenters. The van der Waals surface area contributed by atoms with Crippen molar-refractivity contribution in [3.8, 4) is 17.1 Å². The molecule has 4 aromatic heterocycles. The molecule has 0 saturated heterocycles. The van der Waals surface area contributed by atoms with Gasteiger partial charge in [-0.25, -0.2) is 4.98 Å². The molecular formula is C49H44N4Pt. The van der Waals surface area contributed by atoms with Crippen molar-refractivity contribution in [2.75, 3.05) is 0 Å². The van der Waals surface area contributed by atoms with Gasteiger partial charge in [-0.15, -0.1) is 35.0 Å². The monoisotopic (exact) mass is 892 g/mol. The minimum Gasteiger partial charge on any atom is -0.336 e. The van der Waals surface area contributed by atoms with Gasteiger partial charge in [0, 0.05) is 51.7 Å². The van der Waals surface area contributed by atoms with Crippen molar-refractivity contribution in [1.82, 2.24) is 18.9 Å². The quantitative estimate of drug-likeness (QED) is 0.128. The van der Waals surface area contributed by atoms with Gasteiger partial charge in [-0.2, -0.15) is 24.3 Å². The summed E-state index contributed by atoms with van der Waals surface area (Å²) in [6.45, 7) is 1.47. The molecule has 0 aliphatic carbocycles. The van der Waals surface area contributed by atoms with Crippen LogP contribution in [0.1, 0.15) is 83.0 Å². The fourth-order valence-electron chi connectivity index (χ4n) is 7.97. The molecule has 0 unspecified atom stereocenters. The van der Waals surface area contributed by atoms with Crippen LogP contribution in [0.25, 0.3) is 66.2 Å². The van der Waals surface area contributed by atoms with E-state index in [2.05, 4.69) is 84.9 Å². The SMILES string of the molecule is CC(C)(C)c1ccnc(-n2c3[c-]cccc3c3ccccc32)c1.[2H]C([2H])([2H])c1ccc2c3c1c1ccc[c-]c1c1nc(-c4ccccc4)c(n13)C(C([2H])([2H])[2H])(C([2H])([2H])[2H])C2(C)C.[Pt+2]. The van der Waals surface area contributed by atoms with Crippen LogP contribution >= 0.6 is 0 Å². The summed E-state index contributed by atoms with van der Waals surface area (Å²) in [7, 11) is 0. The first-order valence-electron chi connectivity index (χ1n) is 22.4. The molecular weight excluding hydrogens is 840 g/mol. The number of para-hydroxylation sites is 2. The van der Waals surface area contributed by atoms with Gasteiger partial charge in [0.25, 0.3) is 0 Å². The first kappa shape index (κ1) is 26.7. The summed E-state index contributed by atoms with van der Waals surface area (Å²) >= 11 is 0. The minimum atomic E-state index is -3.00. The van der Waals surface area contributed by atoms with E-state index in [9.17, 15) is 0 Å². The van der Waals surface area contributed by atoms with E-state index in [1.807, 2.05) is 24.4 Å². The molecule has 1 aliphatic heterocycles. The molecule has 0 saturated carbocycles. The molecule has 10 rings (SSSR count). The number of pyridine rings is 2. The summed E-state index contributed by atoms with van der Waals surface area (Å²) in [4.78, 5) is 9.57. The second-order valence-corrected chi connectivity index (χ2v) is 15.5. The van der Waals surface area contributed by atoms with Gasteiger partial charge in [-0.1, -0.05) is 125 Å². The van der Waals surface area contributed by atoms with Crippen LogP contribution in [0.5, 0.6) is 0 Å². The van der Waals surface area contributed by atoms with Crippen molar-refractivity contribution in [3.05, 3.63) is 156 Å². The largest absolute Gasteiger partial charge is 2.00 e. The summed E-state index contributed by atoms with van der Waals surface area (Å²) in [5.41, 5.74) is 1.93. The summed E-state index contributed by atoms with van der Waals surface area (Å²) in [5, 5.41) is 3.97. The maximum absolute atomic E-state index is 8.82. The number of aromatic nitrogens is 4. The van der Waals surface area contributed by atoms with Crippen molar-refractivity contribution in [2.24, 2.45) is 0 Å². The van der Waals surface area contributed by atoms with Gasteiger partial charge in [0.05, 0.1) is 11.3 Å². The van der Waals surface area contributed by atoms with E-state index in [0.29, 0.717) is 38.4 Å². The third-order valence-electron chi connectivity index (χ3n) is 11.0. The summed E-state index contributed by atoms with van der Waals surface area (Å²) in [5.74, 6) is 0.950. The zero-order valence-electron chi connectivity index (χ0n) is 39.7. The van der Waals surface area contributed by atoms with Gasteiger partial charge in [0.15, 0.2) is 0 Å². The molecule has 5 heteroatoms. The molecule has 0 N–H and O–H groups in total. The van der Waals surface area contributed by atoms with E-state index in [1.165, 1.54) is 27.9 Å². The van der Waals surface area contributed by atoms with E-state index < -0.39 is 31.4 Å². The Balaban J connectivity index is 0.000000193. The van der Waals surface area contributed by atoms with Crippen LogP contribution in [0.3, 0.4) is 0 Å². The first-order valence-corrected chi connectivity index (χ1v) is 17.9. The van der Waals surface area contributed by atoms with E-state index in [-0.39, 0.29) is 43.4 Å². The summed E-state index contributed by atoms with van der Waals surface area (Å²) in [6.07, 6.45) is 1.90. The topological polar surface area (TPSA) is 35.1 Å². The standard InChI is InChI=1S/C28H25N2.C21H19N2.Pt/c1-17-15-16-21-24-22(17)19-13-9-10-14-20(19)26-29-23(18-11-7-6-8-12-18)25(30(24)26)28(4,5)27(21,2)3;1-21(2,3)15-12-13-22-20(14-15)23-18-10-6-4-8-16(18)17-9-5-7-11-19(17)23;/h6-13,15-16H,1-5H3;4-10,12-14H,1-3H3;/q2*-1;+2/i1D3,4D3,5D3;;. The average Bonchev–Trinajstić information content (AvgIpc) is 3.77. The first-order chi connectivity index (χ1) is 29.1. The fraction of sp³-hybridized carbons (Fsp3) is 0.224. The number of fused-ring (bicyclic) bond motifs is 6. The Kier molecular flexibility index (Phi) is 6.31. The second kappa shape index (κ2) is 12.8. The predicted molar refractivity (Wildman–Crippen MR) is 221 cm³/mol. The Hall–Kier alpha value is -5.05. The Morgan fingerprint density at radius 2 is 1.48 bits per heavy atom. The maximum Gasteiger partial charge on any atom is 2.00 e. The van der Waals surface area contributed by atoms with Crippen molar-refractivity contribution in [1.29, 1.82) is 0 Å². The summed E-state index contributed by atoms with van der Waals surface area (Å²) < 4.78 is 81.7. The molecule has 5 aromatic carbocycles. The van der Waals surface area contributed by atoms with Crippen LogP contribution in [0.4, 0.5) is 0 Å². The third kappa shape index (κ3) is 5.21. The van der Waals surface area contributed by atoms with Gasteiger partial charge in [-0.05, 0) is 52.4 Å². The van der Waals surface area contributed by atoms with Crippen LogP contribution in [-0.4, -0.2) is 18.9 Å². The number of imidazole rings is 1. The molecule has 0 radical (unpaired) electrons. The van der Waals surface area contributed by atoms with Crippen LogP contribution in [0.15, 0.2) is 121 Å². The number of rotatable bonds is 2. The average molecular weight is 893 g/mol. The Morgan fingerprint density at radius 1 is 0.759 bits per heavy atom. The normalized spacial score (nSPS) is 17.6. The smallest absolute Gasteiger partial charge is 0.336 e. The van der Waals surface area contributed by atoms with Crippen LogP contribution < -0.4 is 0 Å². The predicted octanol–water partition coefficient (Wildman–Crippen LogP) is 12.3. The molecule has 1 aliphatic rings. The number of aryl methyl sites for hydroxylation is 1. The van der Waals surface area contributed by atoms with Crippen molar-refractivity contribution in [2.45, 2.75) is 71.4 Å². The molecule has 270 valence electrons. The van der Waals surface area contributed by atoms with E-state index >= 15 is 0 Å². The number of benzene rings is 5. The number of hydrogen-bond acceptors (Lipinski definition) is 2. The van der Waals surface area contributed by atoms with Gasteiger partial charge < -0.3 is 8.97 Å². The fourth-order valence-corrected chi connectivity index (χ4v) is 7.97. The molecule has 0 spiro atoms. The number of hydrogen-bond donors (Lipinski definition) is 0. The minimum absolute atomic E-state index is 0. The Bertz CT molecular complexity index is 3160. The molecule has 5 heterocycles. The molecule has 54 heavy (non-hydrogen) atoms. The van der Waals surface area contributed by atoms with Gasteiger partial charge in [0.1, 0.15) is 5.82 Å². The van der Waals surface area contributed by atoms with Crippen molar-refractivity contribution < 1.29 is 33.4 Å². The van der Waals surface area contributed by atoms with E-state index in [4.69, 9.17) is 17.3 Å². The molecule has 4 nitrogen and oxygen atoms in total. The van der Waals surface area contributed by atoms with Gasteiger partial charge in [-0.3, -0.25) is 4.98 Å². The van der Waals surface area contributed by atoms with Crippen molar-refractivity contribution >= 4 is 49.1 Å². The molecule has 0 bridgehead atoms. The Labute approximate surface area is 344 Å². The third-order valence-corrected chi connectivity index (χ3v) is 11.0. The van der Waals surface area contributed by atoms with Crippen LogP contribution in [-0.2, 0) is 37.3 Å². The van der Waals surface area contributed by atoms with E-state index in [0.717, 1.165) is 11.3 Å². The second-order valence-electron chi connectivity index (χ2n) is 15.5. The van der Waals surface area contributed by atoms with Gasteiger partial charge >= 0.3 is 21.1 Å². The molecule has 0 fully saturated rings. The van der Waals surface area contributed by atoms with Crippen LogP contribution in [0.2, 0.25) is 0 Å².